The van der Waals surface area contributed by atoms with Crippen LogP contribution in [0.3, 0.4) is 0 Å². The van der Waals surface area contributed by atoms with Gasteiger partial charge in [-0.15, -0.1) is 0 Å². The van der Waals surface area contributed by atoms with Crippen LogP contribution in [0, 0.1) is 0 Å². The summed E-state index contributed by atoms with van der Waals surface area (Å²) in [5.74, 6) is 2.47. The lowest BCUT2D eigenvalue weighted by Gasteiger charge is -2.32. The Balaban J connectivity index is 1.44. The highest BCUT2D eigenvalue weighted by atomic mass is 16.3. The standard InChI is InChI=1S/C23H33N7O2/c1-14(2)18-12-20(28-27-18)25-21-16-7-6-8-17(16)24-23(26-21)30-13-15(31)11-19(30)22(32)29-9-4-3-5-10-29/h12,14-15,19,31H,3-11,13H2,1-2H3,(H2,24,25,26,27,28). The molecule has 2 unspecified atom stereocenters. The van der Waals surface area contributed by atoms with Crippen LogP contribution in [-0.4, -0.2) is 67.9 Å². The van der Waals surface area contributed by atoms with Crippen molar-refractivity contribution >= 4 is 23.5 Å². The number of fused-ring (bicyclic) bond motifs is 1. The first-order valence-electron chi connectivity index (χ1n) is 11.9. The van der Waals surface area contributed by atoms with Crippen molar-refractivity contribution in [2.75, 3.05) is 29.9 Å². The van der Waals surface area contributed by atoms with Gasteiger partial charge in [-0.2, -0.15) is 10.1 Å². The van der Waals surface area contributed by atoms with E-state index in [2.05, 4.69) is 29.4 Å². The summed E-state index contributed by atoms with van der Waals surface area (Å²) in [6.45, 7) is 6.22. The van der Waals surface area contributed by atoms with Gasteiger partial charge in [0.2, 0.25) is 11.9 Å². The van der Waals surface area contributed by atoms with Crippen LogP contribution in [0.5, 0.6) is 0 Å². The third-order valence-corrected chi connectivity index (χ3v) is 6.88. The Morgan fingerprint density at radius 2 is 2.00 bits per heavy atom. The second-order valence-electron chi connectivity index (χ2n) is 9.58. The number of likely N-dealkylation sites (tertiary alicyclic amines) is 1. The first kappa shape index (κ1) is 21.2. The SMILES string of the molecule is CC(C)c1cc(Nc2nc(N3CC(O)CC3C(=O)N3CCCCC3)nc3c2CCC3)n[nH]1. The van der Waals surface area contributed by atoms with Crippen molar-refractivity contribution in [2.45, 2.75) is 76.9 Å². The zero-order chi connectivity index (χ0) is 22.2. The molecular formula is C23H33N7O2. The molecule has 9 heteroatoms. The van der Waals surface area contributed by atoms with E-state index >= 15 is 0 Å². The summed E-state index contributed by atoms with van der Waals surface area (Å²) in [5, 5.41) is 21.3. The Kier molecular flexibility index (Phi) is 5.75. The van der Waals surface area contributed by atoms with Gasteiger partial charge in [-0.05, 0) is 44.4 Å². The number of hydrogen-bond acceptors (Lipinski definition) is 7. The molecule has 0 spiro atoms. The smallest absolute Gasteiger partial charge is 0.245 e. The lowest BCUT2D eigenvalue weighted by molar-refractivity contribution is -0.133. The maximum Gasteiger partial charge on any atom is 0.245 e. The largest absolute Gasteiger partial charge is 0.391 e. The molecule has 172 valence electrons. The van der Waals surface area contributed by atoms with Crippen molar-refractivity contribution in [3.63, 3.8) is 0 Å². The van der Waals surface area contributed by atoms with Crippen LogP contribution in [-0.2, 0) is 17.6 Å². The summed E-state index contributed by atoms with van der Waals surface area (Å²) in [6, 6.07) is 1.60. The molecule has 32 heavy (non-hydrogen) atoms. The van der Waals surface area contributed by atoms with Crippen LogP contribution in [0.25, 0.3) is 0 Å². The molecule has 9 nitrogen and oxygen atoms in total. The van der Waals surface area contributed by atoms with E-state index < -0.39 is 12.1 Å². The predicted octanol–water partition coefficient (Wildman–Crippen LogP) is 2.51. The number of nitrogens with zero attached hydrogens (tertiary/aromatic N) is 5. The molecule has 3 aliphatic rings. The molecule has 5 rings (SSSR count). The van der Waals surface area contributed by atoms with E-state index in [-0.39, 0.29) is 5.91 Å². The average Bonchev–Trinajstić information content (AvgIpc) is 3.53. The number of nitrogens with one attached hydrogen (secondary N) is 2. The number of hydrogen-bond donors (Lipinski definition) is 3. The van der Waals surface area contributed by atoms with Gasteiger partial charge in [0.25, 0.3) is 0 Å². The Morgan fingerprint density at radius 1 is 1.19 bits per heavy atom. The number of aromatic nitrogens is 4. The molecule has 4 heterocycles. The molecule has 0 radical (unpaired) electrons. The molecule has 2 atom stereocenters. The van der Waals surface area contributed by atoms with Gasteiger partial charge in [0.05, 0.1) is 11.8 Å². The maximum atomic E-state index is 13.3. The van der Waals surface area contributed by atoms with Crippen LogP contribution in [0.4, 0.5) is 17.6 Å². The van der Waals surface area contributed by atoms with Gasteiger partial charge < -0.3 is 20.2 Å². The van der Waals surface area contributed by atoms with E-state index in [4.69, 9.17) is 9.97 Å². The number of amides is 1. The van der Waals surface area contributed by atoms with Crippen molar-refractivity contribution < 1.29 is 9.90 Å². The van der Waals surface area contributed by atoms with E-state index in [0.717, 1.165) is 73.8 Å². The second kappa shape index (κ2) is 8.69. The Labute approximate surface area is 188 Å². The monoisotopic (exact) mass is 439 g/mol. The number of piperidine rings is 1. The number of carbonyl (C=O) groups excluding carboxylic acids is 1. The molecule has 2 aromatic heterocycles. The summed E-state index contributed by atoms with van der Waals surface area (Å²) in [5.41, 5.74) is 3.22. The minimum Gasteiger partial charge on any atom is -0.391 e. The normalized spacial score (nSPS) is 23.1. The number of aliphatic hydroxyl groups is 1. The highest BCUT2D eigenvalue weighted by Gasteiger charge is 2.40. The number of β-amino-alcohol motifs (C(OH)–C–C–N with tert-alkyl or cyclic N) is 1. The van der Waals surface area contributed by atoms with Crippen molar-refractivity contribution in [3.05, 3.63) is 23.0 Å². The Hall–Kier alpha value is -2.68. The number of aryl methyl sites for hydroxylation is 1. The predicted molar refractivity (Wildman–Crippen MR) is 122 cm³/mol. The Bertz CT molecular complexity index is 983. The number of anilines is 3. The summed E-state index contributed by atoms with van der Waals surface area (Å²) >= 11 is 0. The van der Waals surface area contributed by atoms with E-state index in [1.165, 1.54) is 6.42 Å². The first-order chi connectivity index (χ1) is 15.5. The molecule has 0 bridgehead atoms. The number of aromatic amines is 1. The maximum absolute atomic E-state index is 13.3. The third-order valence-electron chi connectivity index (χ3n) is 6.88. The highest BCUT2D eigenvalue weighted by Crippen LogP contribution is 2.33. The molecule has 3 N–H and O–H groups in total. The minimum atomic E-state index is -0.554. The quantitative estimate of drug-likeness (QED) is 0.656. The molecular weight excluding hydrogens is 406 g/mol. The lowest BCUT2D eigenvalue weighted by atomic mass is 10.1. The molecule has 2 aromatic rings. The minimum absolute atomic E-state index is 0.0914. The van der Waals surface area contributed by atoms with Gasteiger partial charge in [-0.3, -0.25) is 9.89 Å². The molecule has 0 saturated carbocycles. The molecule has 2 saturated heterocycles. The zero-order valence-electron chi connectivity index (χ0n) is 19.0. The van der Waals surface area contributed by atoms with Crippen LogP contribution in [0.2, 0.25) is 0 Å². The lowest BCUT2D eigenvalue weighted by Crippen LogP contribution is -2.48. The Morgan fingerprint density at radius 3 is 2.75 bits per heavy atom. The first-order valence-corrected chi connectivity index (χ1v) is 11.9. The summed E-state index contributed by atoms with van der Waals surface area (Å²) in [4.78, 5) is 26.9. The van der Waals surface area contributed by atoms with Gasteiger partial charge in [0.15, 0.2) is 5.82 Å². The zero-order valence-corrected chi connectivity index (χ0v) is 19.0. The van der Waals surface area contributed by atoms with Crippen molar-refractivity contribution in [2.24, 2.45) is 0 Å². The highest BCUT2D eigenvalue weighted by molar-refractivity contribution is 5.85. The van der Waals surface area contributed by atoms with Crippen molar-refractivity contribution in [1.29, 1.82) is 0 Å². The molecule has 1 amide bonds. The fourth-order valence-corrected chi connectivity index (χ4v) is 5.06. The fraction of sp³-hybridized carbons (Fsp3) is 0.652. The summed E-state index contributed by atoms with van der Waals surface area (Å²) in [6.07, 6.45) is 6.02. The van der Waals surface area contributed by atoms with Crippen LogP contribution in [0.1, 0.15) is 68.8 Å². The van der Waals surface area contributed by atoms with E-state index in [1.54, 1.807) is 0 Å². The second-order valence-corrected chi connectivity index (χ2v) is 9.58. The summed E-state index contributed by atoms with van der Waals surface area (Å²) in [7, 11) is 0. The van der Waals surface area contributed by atoms with Gasteiger partial charge in [-0.1, -0.05) is 13.8 Å². The number of H-pyrrole nitrogens is 1. The number of carbonyl (C=O) groups is 1. The van der Waals surface area contributed by atoms with Gasteiger partial charge in [0.1, 0.15) is 11.9 Å². The van der Waals surface area contributed by atoms with E-state index in [1.807, 2.05) is 15.9 Å². The number of rotatable bonds is 5. The molecule has 0 aromatic carbocycles. The van der Waals surface area contributed by atoms with E-state index in [9.17, 15) is 9.90 Å². The van der Waals surface area contributed by atoms with E-state index in [0.29, 0.717) is 24.8 Å². The van der Waals surface area contributed by atoms with Crippen LogP contribution >= 0.6 is 0 Å². The molecule has 2 fully saturated rings. The van der Waals surface area contributed by atoms with Crippen molar-refractivity contribution in [3.8, 4) is 0 Å². The molecule has 1 aliphatic carbocycles. The van der Waals surface area contributed by atoms with Crippen LogP contribution in [0.15, 0.2) is 6.07 Å². The fourth-order valence-electron chi connectivity index (χ4n) is 5.06. The topological polar surface area (TPSA) is 110 Å². The van der Waals surface area contributed by atoms with Crippen molar-refractivity contribution in [1.82, 2.24) is 25.1 Å². The van der Waals surface area contributed by atoms with Crippen LogP contribution < -0.4 is 10.2 Å². The van der Waals surface area contributed by atoms with Gasteiger partial charge >= 0.3 is 0 Å². The number of aliphatic hydroxyl groups excluding tert-OH is 1. The van der Waals surface area contributed by atoms with Gasteiger partial charge in [-0.25, -0.2) is 4.98 Å². The van der Waals surface area contributed by atoms with Gasteiger partial charge in [0, 0.05) is 43.4 Å². The molecule has 2 aliphatic heterocycles. The average molecular weight is 440 g/mol. The summed E-state index contributed by atoms with van der Waals surface area (Å²) < 4.78 is 0. The third kappa shape index (κ3) is 4.05.